The molecule has 0 saturated carbocycles. The van der Waals surface area contributed by atoms with Crippen molar-refractivity contribution in [3.05, 3.63) is 12.2 Å². The van der Waals surface area contributed by atoms with E-state index in [2.05, 4.69) is 47.5 Å². The van der Waals surface area contributed by atoms with E-state index in [1.807, 2.05) is 12.3 Å². The molecule has 52 valence electrons. The van der Waals surface area contributed by atoms with Crippen LogP contribution in [-0.4, -0.2) is 10.3 Å². The molecule has 0 aliphatic carbocycles. The van der Waals surface area contributed by atoms with Gasteiger partial charge < -0.3 is 0 Å². The Morgan fingerprint density at radius 2 is 2.33 bits per heavy atom. The molecule has 0 aromatic carbocycles. The summed E-state index contributed by atoms with van der Waals surface area (Å²) in [5.41, 5.74) is 0. The molecule has 0 heterocycles. The summed E-state index contributed by atoms with van der Waals surface area (Å²) in [5, 5.41) is 0. The van der Waals surface area contributed by atoms with Gasteiger partial charge in [0.1, 0.15) is 0 Å². The van der Waals surface area contributed by atoms with Crippen LogP contribution in [0.15, 0.2) is 17.1 Å². The zero-order valence-corrected chi connectivity index (χ0v) is 8.00. The van der Waals surface area contributed by atoms with Gasteiger partial charge in [0.05, 0.1) is 4.05 Å². The Morgan fingerprint density at radius 1 is 1.67 bits per heavy atom. The van der Waals surface area contributed by atoms with Gasteiger partial charge in [0.2, 0.25) is 0 Å². The summed E-state index contributed by atoms with van der Waals surface area (Å²) in [4.78, 5) is 4.14. The maximum atomic E-state index is 4.14. The second-order valence-corrected chi connectivity index (χ2v) is 3.51. The van der Waals surface area contributed by atoms with E-state index in [0.717, 1.165) is 6.42 Å². The smallest absolute Gasteiger partial charge is 0.0982 e. The van der Waals surface area contributed by atoms with E-state index in [1.165, 1.54) is 0 Å². The number of hydrogen-bond acceptors (Lipinski definition) is 1. The molecule has 0 aliphatic rings. The summed E-state index contributed by atoms with van der Waals surface area (Å²) >= 11 is 2.26. The lowest BCUT2D eigenvalue weighted by atomic mass is 10.4. The first-order chi connectivity index (χ1) is 4.27. The molecule has 0 aromatic rings. The molecule has 9 heavy (non-hydrogen) atoms. The first-order valence-corrected chi connectivity index (χ1v) is 4.34. The number of alkyl halides is 1. The maximum absolute atomic E-state index is 4.14. The van der Waals surface area contributed by atoms with E-state index in [1.54, 1.807) is 0 Å². The highest BCUT2D eigenvalue weighted by Gasteiger charge is 1.81. The van der Waals surface area contributed by atoms with Crippen molar-refractivity contribution in [3.8, 4) is 0 Å². The van der Waals surface area contributed by atoms with Crippen LogP contribution in [0.5, 0.6) is 0 Å². The minimum atomic E-state index is 0.393. The van der Waals surface area contributed by atoms with Crippen molar-refractivity contribution >= 4 is 28.8 Å². The van der Waals surface area contributed by atoms with E-state index in [9.17, 15) is 0 Å². The minimum Gasteiger partial charge on any atom is -0.280 e. The van der Waals surface area contributed by atoms with Gasteiger partial charge in [0.25, 0.3) is 0 Å². The van der Waals surface area contributed by atoms with Gasteiger partial charge in [-0.25, -0.2) is 0 Å². The highest BCUT2D eigenvalue weighted by molar-refractivity contribution is 14.1. The van der Waals surface area contributed by atoms with Crippen molar-refractivity contribution in [2.45, 2.75) is 24.3 Å². The number of rotatable bonds is 3. The quantitative estimate of drug-likeness (QED) is 0.310. The Balaban J connectivity index is 3.35. The third kappa shape index (κ3) is 8.14. The summed E-state index contributed by atoms with van der Waals surface area (Å²) in [6, 6.07) is 0. The van der Waals surface area contributed by atoms with Crippen molar-refractivity contribution in [1.82, 2.24) is 0 Å². The Kier molecular flexibility index (Phi) is 6.36. The fourth-order valence-corrected chi connectivity index (χ4v) is 0.551. The van der Waals surface area contributed by atoms with Gasteiger partial charge in [-0.2, -0.15) is 0 Å². The Bertz CT molecular complexity index is 105. The van der Waals surface area contributed by atoms with Crippen LogP contribution in [0.1, 0.15) is 20.3 Å². The monoisotopic (exact) mass is 237 g/mol. The first-order valence-electron chi connectivity index (χ1n) is 3.09. The Labute approximate surface area is 70.4 Å². The van der Waals surface area contributed by atoms with Crippen molar-refractivity contribution in [3.63, 3.8) is 0 Å². The van der Waals surface area contributed by atoms with Crippen LogP contribution >= 0.6 is 22.6 Å². The van der Waals surface area contributed by atoms with Gasteiger partial charge in [0, 0.05) is 6.21 Å². The van der Waals surface area contributed by atoms with Crippen LogP contribution in [0.3, 0.4) is 0 Å². The van der Waals surface area contributed by atoms with Crippen LogP contribution in [0.4, 0.5) is 0 Å². The van der Waals surface area contributed by atoms with Crippen molar-refractivity contribution in [2.75, 3.05) is 0 Å². The van der Waals surface area contributed by atoms with Gasteiger partial charge in [-0.1, -0.05) is 35.6 Å². The number of nitrogens with zero attached hydrogens (tertiary/aromatic N) is 1. The average molecular weight is 237 g/mol. The lowest BCUT2D eigenvalue weighted by Gasteiger charge is -1.87. The largest absolute Gasteiger partial charge is 0.280 e. The number of halogens is 1. The molecule has 0 rings (SSSR count). The Morgan fingerprint density at radius 3 is 2.78 bits per heavy atom. The Hall–Kier alpha value is 0.140. The molecule has 0 fully saturated rings. The van der Waals surface area contributed by atoms with Crippen molar-refractivity contribution < 1.29 is 0 Å². The summed E-state index contributed by atoms with van der Waals surface area (Å²) in [6.45, 7) is 4.16. The molecule has 0 N–H and O–H groups in total. The predicted molar refractivity (Wildman–Crippen MR) is 51.4 cm³/mol. The molecule has 1 nitrogen and oxygen atoms in total. The second-order valence-electron chi connectivity index (χ2n) is 1.71. The molecule has 0 spiro atoms. The third-order valence-corrected chi connectivity index (χ3v) is 1.07. The molecule has 0 saturated heterocycles. The standard InChI is InChI=1S/C7H12IN/c1-3-4-5-6-9-7(2)8/h4-7H,3H2,1-2H3/b5-4+,9-6-/t7-/m1/s1. The summed E-state index contributed by atoms with van der Waals surface area (Å²) in [5.74, 6) is 0. The van der Waals surface area contributed by atoms with Crippen LogP contribution < -0.4 is 0 Å². The topological polar surface area (TPSA) is 12.4 Å². The molecule has 1 atom stereocenters. The van der Waals surface area contributed by atoms with Gasteiger partial charge in [-0.3, -0.25) is 4.99 Å². The number of aliphatic imine (C=N–C) groups is 1. The predicted octanol–water partition coefficient (Wildman–Crippen LogP) is 2.80. The van der Waals surface area contributed by atoms with E-state index in [-0.39, 0.29) is 0 Å². The fourth-order valence-electron chi connectivity index (χ4n) is 0.365. The second kappa shape index (κ2) is 6.26. The third-order valence-electron chi connectivity index (χ3n) is 0.749. The average Bonchev–Trinajstić information content (AvgIpc) is 1.80. The van der Waals surface area contributed by atoms with Crippen molar-refractivity contribution in [1.29, 1.82) is 0 Å². The van der Waals surface area contributed by atoms with E-state index >= 15 is 0 Å². The normalized spacial score (nSPS) is 15.4. The zero-order valence-electron chi connectivity index (χ0n) is 5.84. The zero-order chi connectivity index (χ0) is 7.11. The maximum Gasteiger partial charge on any atom is 0.0982 e. The molecular weight excluding hydrogens is 225 g/mol. The summed E-state index contributed by atoms with van der Waals surface area (Å²) < 4.78 is 0.393. The van der Waals surface area contributed by atoms with Gasteiger partial charge in [-0.15, -0.1) is 0 Å². The molecule has 2 heteroatoms. The molecule has 0 radical (unpaired) electrons. The van der Waals surface area contributed by atoms with Crippen LogP contribution in [-0.2, 0) is 0 Å². The first kappa shape index (κ1) is 9.14. The van der Waals surface area contributed by atoms with E-state index < -0.39 is 0 Å². The highest BCUT2D eigenvalue weighted by atomic mass is 127. The van der Waals surface area contributed by atoms with Crippen molar-refractivity contribution in [2.24, 2.45) is 4.99 Å². The summed E-state index contributed by atoms with van der Waals surface area (Å²) in [6.07, 6.45) is 7.00. The minimum absolute atomic E-state index is 0.393. The number of hydrogen-bond donors (Lipinski definition) is 0. The molecule has 0 bridgehead atoms. The van der Waals surface area contributed by atoms with Crippen LogP contribution in [0, 0.1) is 0 Å². The molecule has 0 unspecified atom stereocenters. The SMILES string of the molecule is CC/C=C/C=N\[C@H](C)I. The highest BCUT2D eigenvalue weighted by Crippen LogP contribution is 1.97. The molecule has 0 aromatic heterocycles. The van der Waals surface area contributed by atoms with Crippen LogP contribution in [0.2, 0.25) is 0 Å². The number of allylic oxidation sites excluding steroid dienone is 2. The van der Waals surface area contributed by atoms with Gasteiger partial charge in [-0.05, 0) is 19.4 Å². The van der Waals surface area contributed by atoms with E-state index in [0.29, 0.717) is 4.05 Å². The van der Waals surface area contributed by atoms with E-state index in [4.69, 9.17) is 0 Å². The fraction of sp³-hybridized carbons (Fsp3) is 0.571. The lowest BCUT2D eigenvalue weighted by molar-refractivity contribution is 1.10. The summed E-state index contributed by atoms with van der Waals surface area (Å²) in [7, 11) is 0. The lowest BCUT2D eigenvalue weighted by Crippen LogP contribution is -1.80. The van der Waals surface area contributed by atoms with Crippen LogP contribution in [0.25, 0.3) is 0 Å². The van der Waals surface area contributed by atoms with Gasteiger partial charge in [0.15, 0.2) is 0 Å². The molecule has 0 aliphatic heterocycles. The molecule has 0 amide bonds. The van der Waals surface area contributed by atoms with Gasteiger partial charge >= 0.3 is 0 Å². The molecular formula is C7H12IN.